The van der Waals surface area contributed by atoms with Gasteiger partial charge >= 0.3 is 0 Å². The first kappa shape index (κ1) is 16.4. The number of rotatable bonds is 4. The van der Waals surface area contributed by atoms with Gasteiger partial charge in [-0.2, -0.15) is 0 Å². The molecule has 1 saturated heterocycles. The summed E-state index contributed by atoms with van der Waals surface area (Å²) in [5, 5.41) is 1.14. The highest BCUT2D eigenvalue weighted by Gasteiger charge is 2.46. The molecule has 1 unspecified atom stereocenters. The van der Waals surface area contributed by atoms with Crippen LogP contribution < -0.4 is 0 Å². The lowest BCUT2D eigenvalue weighted by Gasteiger charge is -2.26. The Morgan fingerprint density at radius 3 is 2.87 bits per heavy atom. The zero-order valence-electron chi connectivity index (χ0n) is 14.4. The van der Waals surface area contributed by atoms with E-state index in [4.69, 9.17) is 9.47 Å². The van der Waals surface area contributed by atoms with Crippen LogP contribution in [0.5, 0.6) is 0 Å². The summed E-state index contributed by atoms with van der Waals surface area (Å²) in [5.41, 5.74) is 2.32. The minimum atomic E-state index is -0.0197. The Bertz CT molecular complexity index is 643. The highest BCUT2D eigenvalue weighted by Crippen LogP contribution is 2.46. The summed E-state index contributed by atoms with van der Waals surface area (Å²) in [5.74, 6) is 0. The van der Waals surface area contributed by atoms with Crippen molar-refractivity contribution in [3.05, 3.63) is 24.3 Å². The van der Waals surface area contributed by atoms with Gasteiger partial charge in [-0.15, -0.1) is 0 Å². The van der Waals surface area contributed by atoms with Crippen LogP contribution in [0.2, 0.25) is 0 Å². The van der Waals surface area contributed by atoms with Crippen LogP contribution >= 0.6 is 0 Å². The maximum absolute atomic E-state index is 6.04. The molecule has 1 atom stereocenters. The highest BCUT2D eigenvalue weighted by atomic mass is 16.7. The quantitative estimate of drug-likeness (QED) is 0.860. The Labute approximate surface area is 138 Å². The molecule has 1 aliphatic carbocycles. The molecule has 2 aromatic heterocycles. The molecule has 23 heavy (non-hydrogen) atoms. The number of ether oxygens (including phenoxy) is 2. The van der Waals surface area contributed by atoms with Gasteiger partial charge in [0.25, 0.3) is 0 Å². The molecule has 0 N–H and O–H groups in total. The Balaban J connectivity index is 0.000000753. The van der Waals surface area contributed by atoms with E-state index in [1.165, 1.54) is 12.0 Å². The molecule has 2 fully saturated rings. The lowest BCUT2D eigenvalue weighted by molar-refractivity contribution is -0.169. The second-order valence-corrected chi connectivity index (χ2v) is 6.27. The predicted molar refractivity (Wildman–Crippen MR) is 90.4 cm³/mol. The fourth-order valence-corrected chi connectivity index (χ4v) is 3.17. The van der Waals surface area contributed by atoms with Gasteiger partial charge in [-0.1, -0.05) is 13.8 Å². The van der Waals surface area contributed by atoms with Crippen LogP contribution in [0.15, 0.2) is 18.7 Å². The molecule has 4 rings (SSSR count). The summed E-state index contributed by atoms with van der Waals surface area (Å²) in [7, 11) is 0. The van der Waals surface area contributed by atoms with Gasteiger partial charge < -0.3 is 14.0 Å². The van der Waals surface area contributed by atoms with Crippen LogP contribution in [-0.2, 0) is 15.0 Å². The number of nitrogens with zero attached hydrogens (tertiary/aromatic N) is 3. The highest BCUT2D eigenvalue weighted by molar-refractivity contribution is 5.79. The third kappa shape index (κ3) is 3.26. The van der Waals surface area contributed by atoms with E-state index < -0.39 is 0 Å². The number of aromatic nitrogens is 3. The monoisotopic (exact) mass is 317 g/mol. The van der Waals surface area contributed by atoms with Crippen LogP contribution in [0.3, 0.4) is 0 Å². The molecule has 126 valence electrons. The molecule has 0 amide bonds. The van der Waals surface area contributed by atoms with E-state index in [9.17, 15) is 0 Å². The van der Waals surface area contributed by atoms with Gasteiger partial charge in [-0.3, -0.25) is 0 Å². The number of hydrogen-bond acceptors (Lipinski definition) is 4. The average Bonchev–Trinajstić information content (AvgIpc) is 3.34. The third-order valence-corrected chi connectivity index (χ3v) is 4.68. The second kappa shape index (κ2) is 6.97. The number of aryl methyl sites for hydroxylation is 1. The first-order valence-electron chi connectivity index (χ1n) is 8.80. The van der Waals surface area contributed by atoms with Gasteiger partial charge in [0.1, 0.15) is 12.0 Å². The molecule has 5 heteroatoms. The SMILES string of the molecule is CC.Cc1cn(C2(COC3CCCCO3)CC2)c2ncncc12. The van der Waals surface area contributed by atoms with Crippen molar-refractivity contribution >= 4 is 11.0 Å². The van der Waals surface area contributed by atoms with E-state index in [0.29, 0.717) is 6.61 Å². The zero-order valence-corrected chi connectivity index (χ0v) is 14.4. The van der Waals surface area contributed by atoms with E-state index in [2.05, 4.69) is 27.7 Å². The Hall–Kier alpha value is -1.46. The van der Waals surface area contributed by atoms with Crippen molar-refractivity contribution in [1.82, 2.24) is 14.5 Å². The minimum Gasteiger partial charge on any atom is -0.353 e. The van der Waals surface area contributed by atoms with Gasteiger partial charge in [0.05, 0.1) is 12.1 Å². The topological polar surface area (TPSA) is 49.2 Å². The van der Waals surface area contributed by atoms with Crippen molar-refractivity contribution in [1.29, 1.82) is 0 Å². The van der Waals surface area contributed by atoms with Crippen LogP contribution in [0.1, 0.15) is 51.5 Å². The van der Waals surface area contributed by atoms with E-state index in [1.807, 2.05) is 20.0 Å². The fourth-order valence-electron chi connectivity index (χ4n) is 3.17. The molecule has 0 radical (unpaired) electrons. The summed E-state index contributed by atoms with van der Waals surface area (Å²) in [6, 6.07) is 0. The summed E-state index contributed by atoms with van der Waals surface area (Å²) in [4.78, 5) is 8.60. The first-order valence-corrected chi connectivity index (χ1v) is 8.80. The van der Waals surface area contributed by atoms with E-state index in [1.54, 1.807) is 6.33 Å². The van der Waals surface area contributed by atoms with Crippen molar-refractivity contribution in [3.63, 3.8) is 0 Å². The fraction of sp³-hybridized carbons (Fsp3) is 0.667. The molecule has 2 aliphatic rings. The molecular formula is C18H27N3O2. The van der Waals surface area contributed by atoms with Crippen LogP contribution in [-0.4, -0.2) is 34.0 Å². The zero-order chi connectivity index (χ0) is 16.3. The molecule has 2 aromatic rings. The minimum absolute atomic E-state index is 0.0197. The second-order valence-electron chi connectivity index (χ2n) is 6.27. The van der Waals surface area contributed by atoms with Gasteiger partial charge in [0.15, 0.2) is 6.29 Å². The lowest BCUT2D eigenvalue weighted by atomic mass is 10.2. The van der Waals surface area contributed by atoms with Gasteiger partial charge in [-0.05, 0) is 44.6 Å². The molecule has 1 aliphatic heterocycles. The van der Waals surface area contributed by atoms with Crippen molar-refractivity contribution in [2.24, 2.45) is 0 Å². The Morgan fingerprint density at radius 1 is 1.35 bits per heavy atom. The standard InChI is InChI=1S/C16H21N3O2.C2H6/c1-12-9-19(15-13(12)8-17-11-18-15)16(5-6-16)10-21-14-4-2-3-7-20-14;1-2/h8-9,11,14H,2-7,10H2,1H3;1-2H3. The van der Waals surface area contributed by atoms with Crippen molar-refractivity contribution in [3.8, 4) is 0 Å². The smallest absolute Gasteiger partial charge is 0.157 e. The Morgan fingerprint density at radius 2 is 2.17 bits per heavy atom. The van der Waals surface area contributed by atoms with E-state index in [0.717, 1.165) is 43.3 Å². The summed E-state index contributed by atoms with van der Waals surface area (Å²) in [6.45, 7) is 7.66. The van der Waals surface area contributed by atoms with Crippen LogP contribution in [0, 0.1) is 6.92 Å². The number of hydrogen-bond donors (Lipinski definition) is 0. The molecule has 0 bridgehead atoms. The molecule has 0 spiro atoms. The van der Waals surface area contributed by atoms with Crippen molar-refractivity contribution in [2.75, 3.05) is 13.2 Å². The van der Waals surface area contributed by atoms with Gasteiger partial charge in [-0.25, -0.2) is 9.97 Å². The largest absolute Gasteiger partial charge is 0.353 e. The molecule has 0 aromatic carbocycles. The normalized spacial score (nSPS) is 22.5. The van der Waals surface area contributed by atoms with Crippen molar-refractivity contribution in [2.45, 2.75) is 64.7 Å². The third-order valence-electron chi connectivity index (χ3n) is 4.68. The van der Waals surface area contributed by atoms with Crippen molar-refractivity contribution < 1.29 is 9.47 Å². The maximum Gasteiger partial charge on any atom is 0.157 e. The first-order chi connectivity index (χ1) is 11.3. The van der Waals surface area contributed by atoms with Gasteiger partial charge in [0.2, 0.25) is 0 Å². The predicted octanol–water partition coefficient (Wildman–Crippen LogP) is 3.80. The lowest BCUT2D eigenvalue weighted by Crippen LogP contribution is -2.30. The maximum atomic E-state index is 6.04. The van der Waals surface area contributed by atoms with E-state index >= 15 is 0 Å². The van der Waals surface area contributed by atoms with E-state index in [-0.39, 0.29) is 11.8 Å². The van der Waals surface area contributed by atoms with Gasteiger partial charge in [0, 0.05) is 24.4 Å². The average molecular weight is 317 g/mol. The molecule has 1 saturated carbocycles. The van der Waals surface area contributed by atoms with Crippen LogP contribution in [0.4, 0.5) is 0 Å². The molecule has 5 nitrogen and oxygen atoms in total. The summed E-state index contributed by atoms with van der Waals surface area (Å²) >= 11 is 0. The Kier molecular flexibility index (Phi) is 4.97. The van der Waals surface area contributed by atoms with Crippen LogP contribution in [0.25, 0.3) is 11.0 Å². The number of fused-ring (bicyclic) bond motifs is 1. The molecule has 3 heterocycles. The summed E-state index contributed by atoms with van der Waals surface area (Å²) in [6.07, 6.45) is 11.4. The summed E-state index contributed by atoms with van der Waals surface area (Å²) < 4.78 is 14.0. The molecular weight excluding hydrogens is 290 g/mol.